The van der Waals surface area contributed by atoms with E-state index in [2.05, 4.69) is 26.1 Å². The van der Waals surface area contributed by atoms with Crippen molar-refractivity contribution in [3.63, 3.8) is 0 Å². The summed E-state index contributed by atoms with van der Waals surface area (Å²) in [7, 11) is -3.57. The van der Waals surface area contributed by atoms with Crippen LogP contribution in [0.3, 0.4) is 0 Å². The SMILES string of the molecule is CC1(/C(N)=N/O)CCN(S(=O)(=O)c2cncc(Br)c2)CC1. The molecule has 0 atom stereocenters. The first-order valence-corrected chi connectivity index (χ1v) is 8.62. The lowest BCUT2D eigenvalue weighted by Crippen LogP contribution is -2.47. The summed E-state index contributed by atoms with van der Waals surface area (Å²) in [5, 5.41) is 11.9. The largest absolute Gasteiger partial charge is 0.409 e. The van der Waals surface area contributed by atoms with Crippen molar-refractivity contribution in [1.29, 1.82) is 0 Å². The number of nitrogens with two attached hydrogens (primary N) is 1. The molecular formula is C12H17BrN4O3S. The van der Waals surface area contributed by atoms with Gasteiger partial charge in [-0.2, -0.15) is 4.31 Å². The smallest absolute Gasteiger partial charge is 0.244 e. The van der Waals surface area contributed by atoms with E-state index in [1.54, 1.807) is 0 Å². The van der Waals surface area contributed by atoms with Crippen LogP contribution in [0.4, 0.5) is 0 Å². The standard InChI is InChI=1S/C12H17BrN4O3S/c1-12(11(14)16-18)2-4-17(5-3-12)21(19,20)10-6-9(13)7-15-8-10/h6-8,18H,2-5H2,1H3,(H2,14,16). The third-order valence-electron chi connectivity index (χ3n) is 3.87. The van der Waals surface area contributed by atoms with Crippen LogP contribution in [0, 0.1) is 5.41 Å². The van der Waals surface area contributed by atoms with Crippen molar-refractivity contribution in [2.75, 3.05) is 13.1 Å². The molecule has 7 nitrogen and oxygen atoms in total. The molecular weight excluding hydrogens is 360 g/mol. The van der Waals surface area contributed by atoms with E-state index in [9.17, 15) is 8.42 Å². The number of nitrogens with zero attached hydrogens (tertiary/aromatic N) is 3. The fourth-order valence-electron chi connectivity index (χ4n) is 2.28. The molecule has 116 valence electrons. The van der Waals surface area contributed by atoms with E-state index in [0.29, 0.717) is 30.4 Å². The molecule has 2 rings (SSSR count). The summed E-state index contributed by atoms with van der Waals surface area (Å²) in [6, 6.07) is 1.53. The molecule has 1 aromatic rings. The number of rotatable bonds is 3. The second-order valence-electron chi connectivity index (χ2n) is 5.29. The molecule has 0 aromatic carbocycles. The highest BCUT2D eigenvalue weighted by molar-refractivity contribution is 9.10. The fourth-order valence-corrected chi connectivity index (χ4v) is 4.23. The summed E-state index contributed by atoms with van der Waals surface area (Å²) in [4.78, 5) is 4.05. The number of amidine groups is 1. The Balaban J connectivity index is 2.19. The van der Waals surface area contributed by atoms with Crippen LogP contribution in [0.2, 0.25) is 0 Å². The van der Waals surface area contributed by atoms with Gasteiger partial charge in [0.2, 0.25) is 10.0 Å². The van der Waals surface area contributed by atoms with Crippen molar-refractivity contribution >= 4 is 31.8 Å². The summed E-state index contributed by atoms with van der Waals surface area (Å²) < 4.78 is 27.1. The lowest BCUT2D eigenvalue weighted by molar-refractivity contribution is 0.230. The van der Waals surface area contributed by atoms with Gasteiger partial charge in [0.1, 0.15) is 10.7 Å². The van der Waals surface area contributed by atoms with Gasteiger partial charge < -0.3 is 10.9 Å². The predicted octanol–water partition coefficient (Wildman–Crippen LogP) is 1.38. The number of halogens is 1. The number of aromatic nitrogens is 1. The molecule has 21 heavy (non-hydrogen) atoms. The lowest BCUT2D eigenvalue weighted by Gasteiger charge is -2.37. The molecule has 1 aliphatic heterocycles. The summed E-state index contributed by atoms with van der Waals surface area (Å²) >= 11 is 3.22. The molecule has 1 aromatic heterocycles. The van der Waals surface area contributed by atoms with Crippen molar-refractivity contribution < 1.29 is 13.6 Å². The molecule has 9 heteroatoms. The van der Waals surface area contributed by atoms with E-state index in [-0.39, 0.29) is 10.7 Å². The van der Waals surface area contributed by atoms with E-state index in [4.69, 9.17) is 10.9 Å². The Morgan fingerprint density at radius 2 is 2.10 bits per heavy atom. The molecule has 3 N–H and O–H groups in total. The molecule has 1 aliphatic rings. The van der Waals surface area contributed by atoms with E-state index in [1.165, 1.54) is 22.8 Å². The molecule has 0 saturated carbocycles. The van der Waals surface area contributed by atoms with Gasteiger partial charge in [0.05, 0.1) is 0 Å². The maximum absolute atomic E-state index is 12.5. The highest BCUT2D eigenvalue weighted by atomic mass is 79.9. The number of sulfonamides is 1. The van der Waals surface area contributed by atoms with Gasteiger partial charge in [-0.3, -0.25) is 4.98 Å². The summed E-state index contributed by atoms with van der Waals surface area (Å²) in [6.07, 6.45) is 3.87. The molecule has 0 aliphatic carbocycles. The Labute approximate surface area is 132 Å². The van der Waals surface area contributed by atoms with Crippen LogP contribution < -0.4 is 5.73 Å². The first-order chi connectivity index (χ1) is 9.79. The van der Waals surface area contributed by atoms with Gasteiger partial charge >= 0.3 is 0 Å². The van der Waals surface area contributed by atoms with E-state index in [0.717, 1.165) is 0 Å². The van der Waals surface area contributed by atoms with Gasteiger partial charge in [-0.25, -0.2) is 8.42 Å². The Kier molecular flexibility index (Phi) is 4.54. The van der Waals surface area contributed by atoms with Gasteiger partial charge in [0.25, 0.3) is 0 Å². The molecule has 1 saturated heterocycles. The molecule has 0 radical (unpaired) electrons. The Hall–Kier alpha value is -1.19. The number of piperidine rings is 1. The average molecular weight is 377 g/mol. The van der Waals surface area contributed by atoms with Crippen molar-refractivity contribution in [1.82, 2.24) is 9.29 Å². The minimum atomic E-state index is -3.57. The third kappa shape index (κ3) is 3.19. The minimum absolute atomic E-state index is 0.142. The molecule has 0 bridgehead atoms. The van der Waals surface area contributed by atoms with Crippen molar-refractivity contribution in [2.24, 2.45) is 16.3 Å². The Morgan fingerprint density at radius 3 is 2.62 bits per heavy atom. The average Bonchev–Trinajstić information content (AvgIpc) is 2.47. The molecule has 0 spiro atoms. The number of oxime groups is 1. The van der Waals surface area contributed by atoms with Crippen molar-refractivity contribution in [3.8, 4) is 0 Å². The van der Waals surface area contributed by atoms with E-state index in [1.807, 2.05) is 6.92 Å². The fraction of sp³-hybridized carbons (Fsp3) is 0.500. The first-order valence-electron chi connectivity index (χ1n) is 6.38. The van der Waals surface area contributed by atoms with Crippen molar-refractivity contribution in [2.45, 2.75) is 24.7 Å². The van der Waals surface area contributed by atoms with Gasteiger partial charge in [-0.05, 0) is 34.8 Å². The highest BCUT2D eigenvalue weighted by Gasteiger charge is 2.38. The van der Waals surface area contributed by atoms with Crippen LogP contribution in [-0.2, 0) is 10.0 Å². The molecule has 1 fully saturated rings. The third-order valence-corrected chi connectivity index (χ3v) is 6.17. The summed E-state index contributed by atoms with van der Waals surface area (Å²) in [5.74, 6) is 0.142. The number of hydrogen-bond acceptors (Lipinski definition) is 5. The van der Waals surface area contributed by atoms with Crippen LogP contribution >= 0.6 is 15.9 Å². The van der Waals surface area contributed by atoms with Gasteiger partial charge in [0.15, 0.2) is 0 Å². The van der Waals surface area contributed by atoms with Gasteiger partial charge in [-0.15, -0.1) is 0 Å². The zero-order valence-corrected chi connectivity index (χ0v) is 13.9. The zero-order valence-electron chi connectivity index (χ0n) is 11.5. The molecule has 0 unspecified atom stereocenters. The van der Waals surface area contributed by atoms with E-state index < -0.39 is 15.4 Å². The van der Waals surface area contributed by atoms with Crippen LogP contribution in [0.1, 0.15) is 19.8 Å². The molecule has 0 amide bonds. The topological polar surface area (TPSA) is 109 Å². The maximum atomic E-state index is 12.5. The second kappa shape index (κ2) is 5.90. The van der Waals surface area contributed by atoms with E-state index >= 15 is 0 Å². The second-order valence-corrected chi connectivity index (χ2v) is 8.14. The van der Waals surface area contributed by atoms with Gasteiger partial charge in [-0.1, -0.05) is 12.1 Å². The van der Waals surface area contributed by atoms with Gasteiger partial charge in [0, 0.05) is 35.4 Å². The normalized spacial score (nSPS) is 20.4. The first kappa shape index (κ1) is 16.2. The quantitative estimate of drug-likeness (QED) is 0.358. The number of hydrogen-bond donors (Lipinski definition) is 2. The summed E-state index contributed by atoms with van der Waals surface area (Å²) in [6.45, 7) is 2.51. The van der Waals surface area contributed by atoms with Crippen LogP contribution in [0.15, 0.2) is 33.0 Å². The van der Waals surface area contributed by atoms with Crippen molar-refractivity contribution in [3.05, 3.63) is 22.9 Å². The Morgan fingerprint density at radius 1 is 1.48 bits per heavy atom. The molecule has 2 heterocycles. The summed E-state index contributed by atoms with van der Waals surface area (Å²) in [5.41, 5.74) is 5.21. The van der Waals surface area contributed by atoms with Crippen LogP contribution in [-0.4, -0.2) is 41.8 Å². The Bertz CT molecular complexity index is 654. The maximum Gasteiger partial charge on any atom is 0.244 e. The predicted molar refractivity (Wildman–Crippen MR) is 81.4 cm³/mol. The van der Waals surface area contributed by atoms with Crippen LogP contribution in [0.5, 0.6) is 0 Å². The highest BCUT2D eigenvalue weighted by Crippen LogP contribution is 2.33. The number of pyridine rings is 1. The minimum Gasteiger partial charge on any atom is -0.409 e. The lowest BCUT2D eigenvalue weighted by atomic mass is 9.80. The monoisotopic (exact) mass is 376 g/mol. The zero-order chi connectivity index (χ0) is 15.7. The van der Waals surface area contributed by atoms with Crippen LogP contribution in [0.25, 0.3) is 0 Å².